The van der Waals surface area contributed by atoms with Gasteiger partial charge in [0.25, 0.3) is 0 Å². The van der Waals surface area contributed by atoms with Gasteiger partial charge in [-0.3, -0.25) is 4.90 Å². The summed E-state index contributed by atoms with van der Waals surface area (Å²) < 4.78 is 0. The van der Waals surface area contributed by atoms with Gasteiger partial charge in [0.2, 0.25) is 0 Å². The molecule has 1 heterocycles. The molecule has 1 N–H and O–H groups in total. The molecule has 14 heavy (non-hydrogen) atoms. The quantitative estimate of drug-likeness (QED) is 0.674. The Morgan fingerprint density at radius 2 is 2.14 bits per heavy atom. The first-order valence-corrected chi connectivity index (χ1v) is 6.02. The average molecular weight is 194 g/mol. The second kappa shape index (κ2) is 4.94. The van der Waals surface area contributed by atoms with E-state index < -0.39 is 0 Å². The monoisotopic (exact) mass is 194 g/mol. The van der Waals surface area contributed by atoms with Crippen LogP contribution in [0.15, 0.2) is 12.2 Å². The predicted octanol–water partition coefficient (Wildman–Crippen LogP) is 1.78. The Kier molecular flexibility index (Phi) is 3.60. The molecule has 1 aliphatic carbocycles. The van der Waals surface area contributed by atoms with E-state index in [1.165, 1.54) is 45.3 Å². The van der Waals surface area contributed by atoms with E-state index in [0.29, 0.717) is 0 Å². The van der Waals surface area contributed by atoms with Gasteiger partial charge in [-0.1, -0.05) is 19.1 Å². The molecule has 0 radical (unpaired) electrons. The SMILES string of the molecule is CCC1CN(C2CC=CC2)CCCN1. The fourth-order valence-corrected chi connectivity index (χ4v) is 2.53. The fraction of sp³-hybridized carbons (Fsp3) is 0.833. The molecule has 2 rings (SSSR count). The molecule has 0 aromatic heterocycles. The zero-order valence-electron chi connectivity index (χ0n) is 9.21. The number of hydrogen-bond acceptors (Lipinski definition) is 2. The second-order valence-electron chi connectivity index (χ2n) is 4.50. The van der Waals surface area contributed by atoms with Crippen molar-refractivity contribution in [1.82, 2.24) is 10.2 Å². The lowest BCUT2D eigenvalue weighted by molar-refractivity contribution is 0.198. The van der Waals surface area contributed by atoms with Gasteiger partial charge < -0.3 is 5.32 Å². The zero-order chi connectivity index (χ0) is 9.80. The van der Waals surface area contributed by atoms with Crippen LogP contribution in [0.1, 0.15) is 32.6 Å². The summed E-state index contributed by atoms with van der Waals surface area (Å²) in [6, 6.07) is 1.53. The Labute approximate surface area is 87.4 Å². The van der Waals surface area contributed by atoms with E-state index in [1.54, 1.807) is 0 Å². The summed E-state index contributed by atoms with van der Waals surface area (Å²) in [5.41, 5.74) is 0. The minimum Gasteiger partial charge on any atom is -0.313 e. The molecule has 0 aromatic rings. The maximum Gasteiger partial charge on any atom is 0.0192 e. The van der Waals surface area contributed by atoms with Crippen LogP contribution in [0.2, 0.25) is 0 Å². The lowest BCUT2D eigenvalue weighted by Crippen LogP contribution is -2.41. The van der Waals surface area contributed by atoms with Crippen LogP contribution in [0, 0.1) is 0 Å². The first-order valence-electron chi connectivity index (χ1n) is 6.02. The molecule has 0 bridgehead atoms. The van der Waals surface area contributed by atoms with Gasteiger partial charge >= 0.3 is 0 Å². The van der Waals surface area contributed by atoms with Crippen molar-refractivity contribution >= 4 is 0 Å². The van der Waals surface area contributed by atoms with Crippen molar-refractivity contribution in [3.8, 4) is 0 Å². The topological polar surface area (TPSA) is 15.3 Å². The molecule has 0 spiro atoms. The maximum atomic E-state index is 3.62. The minimum atomic E-state index is 0.720. The van der Waals surface area contributed by atoms with Gasteiger partial charge in [0.15, 0.2) is 0 Å². The molecule has 1 unspecified atom stereocenters. The van der Waals surface area contributed by atoms with Crippen molar-refractivity contribution in [1.29, 1.82) is 0 Å². The van der Waals surface area contributed by atoms with E-state index in [4.69, 9.17) is 0 Å². The van der Waals surface area contributed by atoms with Gasteiger partial charge in [0, 0.05) is 18.6 Å². The Bertz CT molecular complexity index is 192. The third-order valence-electron chi connectivity index (χ3n) is 3.50. The van der Waals surface area contributed by atoms with Crippen LogP contribution in [-0.2, 0) is 0 Å². The molecule has 1 atom stereocenters. The molecule has 1 aliphatic heterocycles. The lowest BCUT2D eigenvalue weighted by Gasteiger charge is -2.29. The van der Waals surface area contributed by atoms with Gasteiger partial charge in [-0.05, 0) is 38.8 Å². The fourth-order valence-electron chi connectivity index (χ4n) is 2.53. The zero-order valence-corrected chi connectivity index (χ0v) is 9.21. The largest absolute Gasteiger partial charge is 0.313 e. The van der Waals surface area contributed by atoms with Crippen molar-refractivity contribution < 1.29 is 0 Å². The van der Waals surface area contributed by atoms with Crippen LogP contribution in [0.5, 0.6) is 0 Å². The van der Waals surface area contributed by atoms with Crippen molar-refractivity contribution in [2.45, 2.75) is 44.7 Å². The standard InChI is InChI=1S/C12H22N2/c1-2-11-10-14(9-5-8-13-11)12-6-3-4-7-12/h3-4,11-13H,2,5-10H2,1H3. The molecule has 0 aromatic carbocycles. The van der Waals surface area contributed by atoms with Crippen LogP contribution in [0.4, 0.5) is 0 Å². The lowest BCUT2D eigenvalue weighted by atomic mass is 10.1. The van der Waals surface area contributed by atoms with Gasteiger partial charge in [-0.15, -0.1) is 0 Å². The number of nitrogens with zero attached hydrogens (tertiary/aromatic N) is 1. The third-order valence-corrected chi connectivity index (χ3v) is 3.50. The molecule has 1 saturated heterocycles. The summed E-state index contributed by atoms with van der Waals surface area (Å²) in [5, 5.41) is 3.62. The summed E-state index contributed by atoms with van der Waals surface area (Å²) in [5.74, 6) is 0. The van der Waals surface area contributed by atoms with E-state index in [1.807, 2.05) is 0 Å². The van der Waals surface area contributed by atoms with Crippen LogP contribution in [0.25, 0.3) is 0 Å². The minimum absolute atomic E-state index is 0.720. The summed E-state index contributed by atoms with van der Waals surface area (Å²) in [6.45, 7) is 6.03. The van der Waals surface area contributed by atoms with Crippen LogP contribution in [0.3, 0.4) is 0 Å². The summed E-state index contributed by atoms with van der Waals surface area (Å²) in [6.07, 6.45) is 9.80. The van der Waals surface area contributed by atoms with Crippen molar-refractivity contribution in [3.05, 3.63) is 12.2 Å². The van der Waals surface area contributed by atoms with E-state index in [9.17, 15) is 0 Å². The molecular weight excluding hydrogens is 172 g/mol. The first kappa shape index (κ1) is 10.2. The van der Waals surface area contributed by atoms with Crippen LogP contribution in [-0.4, -0.2) is 36.6 Å². The Morgan fingerprint density at radius 1 is 1.36 bits per heavy atom. The van der Waals surface area contributed by atoms with Gasteiger partial charge in [-0.25, -0.2) is 0 Å². The van der Waals surface area contributed by atoms with E-state index in [0.717, 1.165) is 12.1 Å². The molecular formula is C12H22N2. The number of nitrogens with one attached hydrogen (secondary N) is 1. The Hall–Kier alpha value is -0.340. The molecule has 2 heteroatoms. The number of hydrogen-bond donors (Lipinski definition) is 1. The highest BCUT2D eigenvalue weighted by Crippen LogP contribution is 2.19. The second-order valence-corrected chi connectivity index (χ2v) is 4.50. The van der Waals surface area contributed by atoms with Crippen molar-refractivity contribution in [3.63, 3.8) is 0 Å². The Balaban J connectivity index is 1.89. The highest BCUT2D eigenvalue weighted by atomic mass is 15.2. The van der Waals surface area contributed by atoms with E-state index in [-0.39, 0.29) is 0 Å². The summed E-state index contributed by atoms with van der Waals surface area (Å²) >= 11 is 0. The molecule has 1 fully saturated rings. The normalized spacial score (nSPS) is 30.8. The van der Waals surface area contributed by atoms with E-state index in [2.05, 4.69) is 29.3 Å². The molecule has 0 amide bonds. The molecule has 80 valence electrons. The van der Waals surface area contributed by atoms with Crippen LogP contribution >= 0.6 is 0 Å². The van der Waals surface area contributed by atoms with Crippen LogP contribution < -0.4 is 5.32 Å². The maximum absolute atomic E-state index is 3.62. The highest BCUT2D eigenvalue weighted by Gasteiger charge is 2.23. The van der Waals surface area contributed by atoms with Gasteiger partial charge in [0.1, 0.15) is 0 Å². The summed E-state index contributed by atoms with van der Waals surface area (Å²) in [4.78, 5) is 2.69. The Morgan fingerprint density at radius 3 is 2.86 bits per heavy atom. The smallest absolute Gasteiger partial charge is 0.0192 e. The molecule has 0 saturated carbocycles. The van der Waals surface area contributed by atoms with Gasteiger partial charge in [-0.2, -0.15) is 0 Å². The third kappa shape index (κ3) is 2.37. The van der Waals surface area contributed by atoms with E-state index >= 15 is 0 Å². The van der Waals surface area contributed by atoms with Crippen molar-refractivity contribution in [2.24, 2.45) is 0 Å². The summed E-state index contributed by atoms with van der Waals surface area (Å²) in [7, 11) is 0. The molecule has 2 nitrogen and oxygen atoms in total. The molecule has 2 aliphatic rings. The highest BCUT2D eigenvalue weighted by molar-refractivity contribution is 4.99. The number of rotatable bonds is 2. The first-order chi connectivity index (χ1) is 6.90. The van der Waals surface area contributed by atoms with Crippen molar-refractivity contribution in [2.75, 3.05) is 19.6 Å². The predicted molar refractivity (Wildman–Crippen MR) is 60.4 cm³/mol. The average Bonchev–Trinajstić information content (AvgIpc) is 2.63. The van der Waals surface area contributed by atoms with Gasteiger partial charge in [0.05, 0.1) is 0 Å².